The summed E-state index contributed by atoms with van der Waals surface area (Å²) in [6.45, 7) is 0.566. The topological polar surface area (TPSA) is 84.6 Å². The molecule has 2 rings (SSSR count). The van der Waals surface area contributed by atoms with Crippen molar-refractivity contribution in [3.63, 3.8) is 0 Å². The van der Waals surface area contributed by atoms with Gasteiger partial charge in [-0.05, 0) is 18.2 Å². The minimum Gasteiger partial charge on any atom is -0.399 e. The van der Waals surface area contributed by atoms with Crippen molar-refractivity contribution in [2.45, 2.75) is 5.54 Å². The molecule has 1 fully saturated rings. The summed E-state index contributed by atoms with van der Waals surface area (Å²) >= 11 is 0. The Morgan fingerprint density at radius 2 is 2.31 bits per heavy atom. The molecule has 1 aromatic rings. The largest absolute Gasteiger partial charge is 0.399 e. The lowest BCUT2D eigenvalue weighted by molar-refractivity contribution is -0.0919. The summed E-state index contributed by atoms with van der Waals surface area (Å²) in [5.74, 6) is -0.246. The van der Waals surface area contributed by atoms with Crippen molar-refractivity contribution in [2.24, 2.45) is 0 Å². The van der Waals surface area contributed by atoms with Crippen molar-refractivity contribution >= 4 is 11.6 Å². The van der Waals surface area contributed by atoms with E-state index in [0.717, 1.165) is 0 Å². The van der Waals surface area contributed by atoms with Crippen LogP contribution in [0.4, 0.5) is 5.69 Å². The van der Waals surface area contributed by atoms with Crippen molar-refractivity contribution in [3.05, 3.63) is 29.8 Å². The van der Waals surface area contributed by atoms with Crippen LogP contribution in [0.1, 0.15) is 10.4 Å². The monoisotopic (exact) mass is 222 g/mol. The van der Waals surface area contributed by atoms with Gasteiger partial charge in [0.2, 0.25) is 0 Å². The number of carbonyl (C=O) groups excluding carboxylic acids is 1. The fraction of sp³-hybridized carbons (Fsp3) is 0.364. The molecule has 0 atom stereocenters. The first-order valence-corrected chi connectivity index (χ1v) is 5.02. The van der Waals surface area contributed by atoms with Crippen molar-refractivity contribution < 1.29 is 14.6 Å². The third-order valence-electron chi connectivity index (χ3n) is 2.59. The summed E-state index contributed by atoms with van der Waals surface area (Å²) in [6.07, 6.45) is 0. The Morgan fingerprint density at radius 3 is 2.81 bits per heavy atom. The van der Waals surface area contributed by atoms with Gasteiger partial charge in [-0.3, -0.25) is 4.79 Å². The van der Waals surface area contributed by atoms with Crippen LogP contribution < -0.4 is 11.1 Å². The van der Waals surface area contributed by atoms with Gasteiger partial charge in [-0.15, -0.1) is 0 Å². The second-order valence-electron chi connectivity index (χ2n) is 4.01. The highest BCUT2D eigenvalue weighted by atomic mass is 16.5. The summed E-state index contributed by atoms with van der Waals surface area (Å²) in [5.41, 5.74) is 5.99. The predicted molar refractivity (Wildman–Crippen MR) is 59.0 cm³/mol. The average Bonchev–Trinajstić information content (AvgIpc) is 2.23. The molecule has 0 aromatic heterocycles. The van der Waals surface area contributed by atoms with Crippen LogP contribution in [0, 0.1) is 0 Å². The number of amides is 1. The molecule has 16 heavy (non-hydrogen) atoms. The van der Waals surface area contributed by atoms with Gasteiger partial charge in [0.25, 0.3) is 5.91 Å². The number of anilines is 1. The maximum atomic E-state index is 11.8. The highest BCUT2D eigenvalue weighted by Gasteiger charge is 2.39. The number of nitrogen functional groups attached to an aromatic ring is 1. The molecule has 4 N–H and O–H groups in total. The number of carbonyl (C=O) groups is 1. The lowest BCUT2D eigenvalue weighted by Crippen LogP contribution is -2.64. The van der Waals surface area contributed by atoms with E-state index in [0.29, 0.717) is 24.5 Å². The molecule has 1 aliphatic heterocycles. The Bertz CT molecular complexity index is 396. The predicted octanol–water partition coefficient (Wildman–Crippen LogP) is -0.240. The molecule has 5 nitrogen and oxygen atoms in total. The van der Waals surface area contributed by atoms with E-state index >= 15 is 0 Å². The molecule has 1 heterocycles. The first kappa shape index (κ1) is 10.9. The van der Waals surface area contributed by atoms with Crippen LogP contribution in [-0.2, 0) is 4.74 Å². The standard InChI is InChI=1S/C11H14N2O3/c12-9-3-1-2-8(4-9)10(15)13-11(5-14)6-16-7-11/h1-4,14H,5-7,12H2,(H,13,15). The highest BCUT2D eigenvalue weighted by molar-refractivity contribution is 5.95. The van der Waals surface area contributed by atoms with Crippen LogP contribution in [-0.4, -0.2) is 36.4 Å². The normalized spacial score (nSPS) is 17.6. The molecule has 1 amide bonds. The van der Waals surface area contributed by atoms with Crippen molar-refractivity contribution in [1.29, 1.82) is 0 Å². The lowest BCUT2D eigenvalue weighted by atomic mass is 9.98. The summed E-state index contributed by atoms with van der Waals surface area (Å²) in [7, 11) is 0. The van der Waals surface area contributed by atoms with Crippen molar-refractivity contribution in [1.82, 2.24) is 5.32 Å². The van der Waals surface area contributed by atoms with Gasteiger partial charge in [-0.2, -0.15) is 0 Å². The molecular formula is C11H14N2O3. The fourth-order valence-electron chi connectivity index (χ4n) is 1.54. The smallest absolute Gasteiger partial charge is 0.252 e. The summed E-state index contributed by atoms with van der Waals surface area (Å²) in [6, 6.07) is 6.70. The van der Waals surface area contributed by atoms with Crippen LogP contribution in [0.25, 0.3) is 0 Å². The molecule has 0 radical (unpaired) electrons. The van der Waals surface area contributed by atoms with Crippen LogP contribution in [0.15, 0.2) is 24.3 Å². The Hall–Kier alpha value is -1.59. The quantitative estimate of drug-likeness (QED) is 0.616. The van der Waals surface area contributed by atoms with Crippen LogP contribution >= 0.6 is 0 Å². The number of hydrogen-bond donors (Lipinski definition) is 3. The van der Waals surface area contributed by atoms with Crippen molar-refractivity contribution in [2.75, 3.05) is 25.6 Å². The molecule has 0 aliphatic carbocycles. The summed E-state index contributed by atoms with van der Waals surface area (Å²) in [5, 5.41) is 11.9. The molecule has 0 unspecified atom stereocenters. The zero-order valence-electron chi connectivity index (χ0n) is 8.77. The Labute approximate surface area is 93.2 Å². The van der Waals surface area contributed by atoms with Gasteiger partial charge < -0.3 is 20.9 Å². The van der Waals surface area contributed by atoms with Crippen LogP contribution in [0.5, 0.6) is 0 Å². The summed E-state index contributed by atoms with van der Waals surface area (Å²) in [4.78, 5) is 11.8. The van der Waals surface area contributed by atoms with E-state index in [2.05, 4.69) is 5.32 Å². The molecule has 1 saturated heterocycles. The van der Waals surface area contributed by atoms with E-state index in [4.69, 9.17) is 15.6 Å². The van der Waals surface area contributed by atoms with Gasteiger partial charge in [0.1, 0.15) is 5.54 Å². The lowest BCUT2D eigenvalue weighted by Gasteiger charge is -2.40. The number of nitrogens with one attached hydrogen (secondary N) is 1. The molecule has 1 aliphatic rings. The van der Waals surface area contributed by atoms with E-state index in [9.17, 15) is 4.79 Å². The van der Waals surface area contributed by atoms with E-state index < -0.39 is 5.54 Å². The van der Waals surface area contributed by atoms with Crippen LogP contribution in [0.2, 0.25) is 0 Å². The Morgan fingerprint density at radius 1 is 1.56 bits per heavy atom. The number of hydrogen-bond acceptors (Lipinski definition) is 4. The van der Waals surface area contributed by atoms with E-state index in [1.54, 1.807) is 24.3 Å². The maximum absolute atomic E-state index is 11.8. The van der Waals surface area contributed by atoms with Gasteiger partial charge in [0.05, 0.1) is 19.8 Å². The zero-order valence-corrected chi connectivity index (χ0v) is 8.77. The first-order chi connectivity index (χ1) is 7.65. The van der Waals surface area contributed by atoms with Crippen LogP contribution in [0.3, 0.4) is 0 Å². The number of nitrogens with two attached hydrogens (primary N) is 1. The van der Waals surface area contributed by atoms with Gasteiger partial charge in [-0.25, -0.2) is 0 Å². The second kappa shape index (κ2) is 4.11. The minimum absolute atomic E-state index is 0.124. The van der Waals surface area contributed by atoms with E-state index in [1.165, 1.54) is 0 Å². The van der Waals surface area contributed by atoms with Gasteiger partial charge in [-0.1, -0.05) is 6.07 Å². The molecule has 0 bridgehead atoms. The Kier molecular flexibility index (Phi) is 2.80. The van der Waals surface area contributed by atoms with E-state index in [1.807, 2.05) is 0 Å². The molecule has 1 aromatic carbocycles. The number of ether oxygens (including phenoxy) is 1. The number of rotatable bonds is 3. The third kappa shape index (κ3) is 2.00. The third-order valence-corrected chi connectivity index (χ3v) is 2.59. The van der Waals surface area contributed by atoms with Crippen molar-refractivity contribution in [3.8, 4) is 0 Å². The number of benzene rings is 1. The van der Waals surface area contributed by atoms with Gasteiger partial charge in [0, 0.05) is 11.3 Å². The zero-order chi connectivity index (χ0) is 11.6. The molecule has 0 spiro atoms. The fourth-order valence-corrected chi connectivity index (χ4v) is 1.54. The summed E-state index contributed by atoms with van der Waals surface area (Å²) < 4.78 is 4.99. The minimum atomic E-state index is -0.623. The highest BCUT2D eigenvalue weighted by Crippen LogP contribution is 2.17. The van der Waals surface area contributed by atoms with E-state index in [-0.39, 0.29) is 12.5 Å². The SMILES string of the molecule is Nc1cccc(C(=O)NC2(CO)COC2)c1. The molecule has 5 heteroatoms. The molecule has 0 saturated carbocycles. The Balaban J connectivity index is 2.08. The average molecular weight is 222 g/mol. The van der Waals surface area contributed by atoms with Gasteiger partial charge >= 0.3 is 0 Å². The second-order valence-corrected chi connectivity index (χ2v) is 4.01. The number of aliphatic hydroxyl groups excluding tert-OH is 1. The first-order valence-electron chi connectivity index (χ1n) is 5.02. The molecular weight excluding hydrogens is 208 g/mol. The van der Waals surface area contributed by atoms with Gasteiger partial charge in [0.15, 0.2) is 0 Å². The number of aliphatic hydroxyl groups is 1. The maximum Gasteiger partial charge on any atom is 0.252 e. The molecule has 86 valence electrons.